The summed E-state index contributed by atoms with van der Waals surface area (Å²) >= 11 is 0. The van der Waals surface area contributed by atoms with Crippen LogP contribution in [0.1, 0.15) is 38.7 Å². The van der Waals surface area contributed by atoms with Gasteiger partial charge < -0.3 is 14.2 Å². The number of methoxy groups -OCH3 is 3. The summed E-state index contributed by atoms with van der Waals surface area (Å²) in [4.78, 5) is 0. The number of ether oxygens (including phenoxy) is 3. The second-order valence-electron chi connectivity index (χ2n) is 4.72. The molecule has 0 aromatic heterocycles. The molecule has 1 aromatic rings. The highest BCUT2D eigenvalue weighted by molar-refractivity contribution is 5.54. The summed E-state index contributed by atoms with van der Waals surface area (Å²) in [6.45, 7) is 6.67. The second kappa shape index (κ2) is 6.53. The summed E-state index contributed by atoms with van der Waals surface area (Å²) in [5, 5.41) is 0. The molecule has 3 nitrogen and oxygen atoms in total. The highest BCUT2D eigenvalue weighted by atomic mass is 16.5. The maximum Gasteiger partial charge on any atom is 0.203 e. The highest BCUT2D eigenvalue weighted by Crippen LogP contribution is 2.41. The standard InChI is InChI=1S/C15H24O3/c1-7-12(10(2)3)11-8-13(16-4)15(18-6)14(9-11)17-5/h8-10,12H,7H2,1-6H3. The van der Waals surface area contributed by atoms with Crippen molar-refractivity contribution in [3.05, 3.63) is 17.7 Å². The van der Waals surface area contributed by atoms with E-state index in [4.69, 9.17) is 14.2 Å². The Balaban J connectivity index is 3.30. The van der Waals surface area contributed by atoms with E-state index >= 15 is 0 Å². The molecular formula is C15H24O3. The minimum atomic E-state index is 0.499. The lowest BCUT2D eigenvalue weighted by Gasteiger charge is -2.22. The molecule has 1 atom stereocenters. The highest BCUT2D eigenvalue weighted by Gasteiger charge is 2.19. The fourth-order valence-corrected chi connectivity index (χ4v) is 2.41. The molecule has 0 bridgehead atoms. The molecule has 0 saturated heterocycles. The summed E-state index contributed by atoms with van der Waals surface area (Å²) in [7, 11) is 4.93. The predicted octanol–water partition coefficient (Wildman–Crippen LogP) is 3.86. The molecule has 1 rings (SSSR count). The lowest BCUT2D eigenvalue weighted by Crippen LogP contribution is -2.07. The third kappa shape index (κ3) is 2.89. The fourth-order valence-electron chi connectivity index (χ4n) is 2.41. The average molecular weight is 252 g/mol. The van der Waals surface area contributed by atoms with Gasteiger partial charge >= 0.3 is 0 Å². The van der Waals surface area contributed by atoms with Gasteiger partial charge in [-0.1, -0.05) is 20.8 Å². The smallest absolute Gasteiger partial charge is 0.203 e. The van der Waals surface area contributed by atoms with Gasteiger partial charge in [0.05, 0.1) is 21.3 Å². The van der Waals surface area contributed by atoms with E-state index in [1.165, 1.54) is 5.56 Å². The van der Waals surface area contributed by atoms with Gasteiger partial charge in [0, 0.05) is 0 Å². The van der Waals surface area contributed by atoms with Crippen LogP contribution in [0.2, 0.25) is 0 Å². The Morgan fingerprint density at radius 2 is 1.44 bits per heavy atom. The van der Waals surface area contributed by atoms with Gasteiger partial charge in [-0.05, 0) is 36.0 Å². The van der Waals surface area contributed by atoms with Crippen LogP contribution in [-0.2, 0) is 0 Å². The van der Waals surface area contributed by atoms with Crippen LogP contribution < -0.4 is 14.2 Å². The van der Waals surface area contributed by atoms with Crippen molar-refractivity contribution >= 4 is 0 Å². The lowest BCUT2D eigenvalue weighted by molar-refractivity contribution is 0.322. The molecule has 0 aliphatic carbocycles. The molecule has 1 aromatic carbocycles. The minimum Gasteiger partial charge on any atom is -0.493 e. The van der Waals surface area contributed by atoms with Crippen molar-refractivity contribution in [3.63, 3.8) is 0 Å². The largest absolute Gasteiger partial charge is 0.493 e. The zero-order valence-electron chi connectivity index (χ0n) is 12.2. The van der Waals surface area contributed by atoms with Gasteiger partial charge in [-0.2, -0.15) is 0 Å². The van der Waals surface area contributed by atoms with Crippen molar-refractivity contribution in [2.24, 2.45) is 5.92 Å². The summed E-state index contributed by atoms with van der Waals surface area (Å²) < 4.78 is 16.1. The van der Waals surface area contributed by atoms with Crippen molar-refractivity contribution in [2.75, 3.05) is 21.3 Å². The van der Waals surface area contributed by atoms with Gasteiger partial charge in [-0.25, -0.2) is 0 Å². The average Bonchev–Trinajstić information content (AvgIpc) is 2.37. The molecule has 102 valence electrons. The van der Waals surface area contributed by atoms with Gasteiger partial charge in [0.2, 0.25) is 5.75 Å². The maximum atomic E-state index is 5.39. The first kappa shape index (κ1) is 14.7. The Kier molecular flexibility index (Phi) is 5.32. The molecular weight excluding hydrogens is 228 g/mol. The normalized spacial score (nSPS) is 12.4. The molecule has 0 radical (unpaired) electrons. The van der Waals surface area contributed by atoms with E-state index in [0.717, 1.165) is 17.9 Å². The number of hydrogen-bond acceptors (Lipinski definition) is 3. The van der Waals surface area contributed by atoms with Gasteiger partial charge in [-0.15, -0.1) is 0 Å². The Labute approximate surface area is 110 Å². The Bertz CT molecular complexity index is 360. The molecule has 0 heterocycles. The Morgan fingerprint density at radius 1 is 0.944 bits per heavy atom. The third-order valence-corrected chi connectivity index (χ3v) is 3.36. The zero-order chi connectivity index (χ0) is 13.7. The molecule has 3 heteroatoms. The summed E-state index contributed by atoms with van der Waals surface area (Å²) in [6.07, 6.45) is 1.09. The molecule has 0 amide bonds. The first-order valence-corrected chi connectivity index (χ1v) is 6.38. The third-order valence-electron chi connectivity index (χ3n) is 3.36. The van der Waals surface area contributed by atoms with Gasteiger partial charge in [-0.3, -0.25) is 0 Å². The van der Waals surface area contributed by atoms with E-state index in [9.17, 15) is 0 Å². The van der Waals surface area contributed by atoms with Crippen LogP contribution in [0.15, 0.2) is 12.1 Å². The van der Waals surface area contributed by atoms with Gasteiger partial charge in [0.15, 0.2) is 11.5 Å². The van der Waals surface area contributed by atoms with Gasteiger partial charge in [0.1, 0.15) is 0 Å². The van der Waals surface area contributed by atoms with Crippen molar-refractivity contribution < 1.29 is 14.2 Å². The van der Waals surface area contributed by atoms with E-state index < -0.39 is 0 Å². The quantitative estimate of drug-likeness (QED) is 0.769. The SMILES string of the molecule is CCC(c1cc(OC)c(OC)c(OC)c1)C(C)C. The van der Waals surface area contributed by atoms with E-state index in [0.29, 0.717) is 17.6 Å². The van der Waals surface area contributed by atoms with Crippen LogP contribution in [0, 0.1) is 5.92 Å². The monoisotopic (exact) mass is 252 g/mol. The van der Waals surface area contributed by atoms with Crippen LogP contribution in [0.5, 0.6) is 17.2 Å². The molecule has 0 aliphatic rings. The van der Waals surface area contributed by atoms with Gasteiger partial charge in [0.25, 0.3) is 0 Å². The molecule has 0 saturated carbocycles. The van der Waals surface area contributed by atoms with E-state index in [1.54, 1.807) is 21.3 Å². The van der Waals surface area contributed by atoms with Crippen molar-refractivity contribution in [1.29, 1.82) is 0 Å². The Hall–Kier alpha value is -1.38. The number of rotatable bonds is 6. The summed E-state index contributed by atoms with van der Waals surface area (Å²) in [5.74, 6) is 3.19. The lowest BCUT2D eigenvalue weighted by atomic mass is 9.86. The fraction of sp³-hybridized carbons (Fsp3) is 0.600. The van der Waals surface area contributed by atoms with Crippen LogP contribution in [0.4, 0.5) is 0 Å². The van der Waals surface area contributed by atoms with Crippen molar-refractivity contribution in [3.8, 4) is 17.2 Å². The second-order valence-corrected chi connectivity index (χ2v) is 4.72. The van der Waals surface area contributed by atoms with Crippen LogP contribution in [0.3, 0.4) is 0 Å². The van der Waals surface area contributed by atoms with E-state index in [2.05, 4.69) is 32.9 Å². The van der Waals surface area contributed by atoms with Crippen LogP contribution >= 0.6 is 0 Å². The van der Waals surface area contributed by atoms with Crippen molar-refractivity contribution in [2.45, 2.75) is 33.1 Å². The predicted molar refractivity (Wildman–Crippen MR) is 74.0 cm³/mol. The molecule has 0 aliphatic heterocycles. The summed E-state index contributed by atoms with van der Waals surface area (Å²) in [5.41, 5.74) is 1.24. The van der Waals surface area contributed by atoms with E-state index in [-0.39, 0.29) is 0 Å². The first-order chi connectivity index (χ1) is 8.58. The number of benzene rings is 1. The Morgan fingerprint density at radius 3 is 1.72 bits per heavy atom. The number of hydrogen-bond donors (Lipinski definition) is 0. The molecule has 0 fully saturated rings. The topological polar surface area (TPSA) is 27.7 Å². The minimum absolute atomic E-state index is 0.499. The van der Waals surface area contributed by atoms with Crippen LogP contribution in [0.25, 0.3) is 0 Å². The molecule has 0 N–H and O–H groups in total. The molecule has 1 unspecified atom stereocenters. The van der Waals surface area contributed by atoms with Crippen molar-refractivity contribution in [1.82, 2.24) is 0 Å². The first-order valence-electron chi connectivity index (χ1n) is 6.38. The van der Waals surface area contributed by atoms with Crippen LogP contribution in [-0.4, -0.2) is 21.3 Å². The van der Waals surface area contributed by atoms with E-state index in [1.807, 2.05) is 0 Å². The molecule has 0 spiro atoms. The summed E-state index contributed by atoms with van der Waals surface area (Å²) in [6, 6.07) is 4.10. The maximum absolute atomic E-state index is 5.39. The zero-order valence-corrected chi connectivity index (χ0v) is 12.2. The molecule has 18 heavy (non-hydrogen) atoms.